The zero-order valence-electron chi connectivity index (χ0n) is 26.1. The lowest BCUT2D eigenvalue weighted by molar-refractivity contribution is -0.139. The van der Waals surface area contributed by atoms with Gasteiger partial charge in [0.1, 0.15) is 24.2 Å². The number of hydrogen-bond donors (Lipinski definition) is 1. The number of carbonyl (C=O) groups is 2. The monoisotopic (exact) mass is 647 g/mol. The molecule has 1 aliphatic carbocycles. The van der Waals surface area contributed by atoms with Gasteiger partial charge in [0.2, 0.25) is 0 Å². The van der Waals surface area contributed by atoms with Crippen LogP contribution in [0.15, 0.2) is 28.9 Å². The Morgan fingerprint density at radius 2 is 1.83 bits per heavy atom. The largest absolute Gasteiger partial charge is 0.481 e. The Hall–Kier alpha value is -4.23. The van der Waals surface area contributed by atoms with Gasteiger partial charge in [-0.25, -0.2) is 19.2 Å². The van der Waals surface area contributed by atoms with Crippen LogP contribution in [0.2, 0.25) is 0 Å². The molecule has 14 heteroatoms. The molecule has 5 rings (SSSR count). The van der Waals surface area contributed by atoms with Gasteiger partial charge in [0, 0.05) is 20.0 Å². The Bertz CT molecular complexity index is 1570. The third-order valence-corrected chi connectivity index (χ3v) is 8.97. The van der Waals surface area contributed by atoms with E-state index in [-0.39, 0.29) is 30.0 Å². The number of aryl methyl sites for hydroxylation is 2. The molecule has 248 valence electrons. The number of nitrogens with zero attached hydrogens (tertiary/aromatic N) is 5. The molecule has 1 aromatic carbocycles. The van der Waals surface area contributed by atoms with Crippen molar-refractivity contribution in [1.29, 1.82) is 0 Å². The molecule has 2 atom stereocenters. The van der Waals surface area contributed by atoms with E-state index in [0.29, 0.717) is 46.7 Å². The lowest BCUT2D eigenvalue weighted by Crippen LogP contribution is -2.34. The molecule has 46 heavy (non-hydrogen) atoms. The number of carboxylic acids is 1. The summed E-state index contributed by atoms with van der Waals surface area (Å²) in [5.74, 6) is 0.742. The molecule has 3 heterocycles. The van der Waals surface area contributed by atoms with Crippen molar-refractivity contribution in [3.8, 4) is 11.3 Å². The predicted molar refractivity (Wildman–Crippen MR) is 158 cm³/mol. The molecule has 0 spiro atoms. The number of anilines is 1. The molecule has 1 saturated heterocycles. The second-order valence-electron chi connectivity index (χ2n) is 12.4. The minimum Gasteiger partial charge on any atom is -0.481 e. The van der Waals surface area contributed by atoms with E-state index < -0.39 is 42.6 Å². The van der Waals surface area contributed by atoms with E-state index in [1.165, 1.54) is 11.0 Å². The summed E-state index contributed by atoms with van der Waals surface area (Å²) in [6.07, 6.45) is -1.33. The number of carbonyl (C=O) groups excluding carboxylic acids is 1. The summed E-state index contributed by atoms with van der Waals surface area (Å²) < 4.78 is 65.2. The van der Waals surface area contributed by atoms with Crippen molar-refractivity contribution in [2.45, 2.75) is 84.4 Å². The van der Waals surface area contributed by atoms with Crippen molar-refractivity contribution < 1.29 is 41.5 Å². The Kier molecular flexibility index (Phi) is 9.54. The first-order valence-corrected chi connectivity index (χ1v) is 15.2. The molecule has 2 fully saturated rings. The topological polar surface area (TPSA) is 122 Å². The van der Waals surface area contributed by atoms with Crippen molar-refractivity contribution >= 4 is 17.9 Å². The third kappa shape index (κ3) is 7.10. The zero-order chi connectivity index (χ0) is 33.3. The van der Waals surface area contributed by atoms with Crippen LogP contribution in [0.1, 0.15) is 79.0 Å². The summed E-state index contributed by atoms with van der Waals surface area (Å²) in [5.41, 5.74) is 1.08. The summed E-state index contributed by atoms with van der Waals surface area (Å²) in [5, 5.41) is 13.2. The van der Waals surface area contributed by atoms with Gasteiger partial charge in [-0.2, -0.15) is 13.2 Å². The molecule has 0 radical (unpaired) electrons. The maximum absolute atomic E-state index is 13.6. The fourth-order valence-corrected chi connectivity index (χ4v) is 6.60. The van der Waals surface area contributed by atoms with Gasteiger partial charge < -0.3 is 19.3 Å². The van der Waals surface area contributed by atoms with Gasteiger partial charge >= 0.3 is 18.2 Å². The van der Waals surface area contributed by atoms with E-state index in [1.807, 2.05) is 11.9 Å². The van der Waals surface area contributed by atoms with E-state index in [9.17, 15) is 27.2 Å². The number of halogens is 4. The molecule has 2 aromatic heterocycles. The molecular formula is C32H37F4N5O5. The average molecular weight is 648 g/mol. The van der Waals surface area contributed by atoms with Gasteiger partial charge in [-0.3, -0.25) is 9.69 Å². The highest BCUT2D eigenvalue weighted by Gasteiger charge is 2.42. The highest BCUT2D eigenvalue weighted by molar-refractivity contribution is 5.72. The summed E-state index contributed by atoms with van der Waals surface area (Å²) in [7, 11) is 1.88. The Morgan fingerprint density at radius 1 is 1.13 bits per heavy atom. The summed E-state index contributed by atoms with van der Waals surface area (Å²) in [6.45, 7) is 4.67. The molecule has 0 bridgehead atoms. The van der Waals surface area contributed by atoms with Crippen molar-refractivity contribution in [3.63, 3.8) is 0 Å². The fraction of sp³-hybridized carbons (Fsp3) is 0.531. The molecular weight excluding hydrogens is 610 g/mol. The summed E-state index contributed by atoms with van der Waals surface area (Å²) in [4.78, 5) is 37.3. The molecule has 3 aromatic rings. The smallest absolute Gasteiger partial charge is 0.416 e. The van der Waals surface area contributed by atoms with Gasteiger partial charge in [-0.15, -0.1) is 0 Å². The first-order chi connectivity index (χ1) is 21.7. The maximum Gasteiger partial charge on any atom is 0.416 e. The van der Waals surface area contributed by atoms with Crippen LogP contribution in [-0.2, 0) is 28.9 Å². The fourth-order valence-electron chi connectivity index (χ4n) is 6.60. The molecule has 1 unspecified atom stereocenters. The second-order valence-corrected chi connectivity index (χ2v) is 12.4. The van der Waals surface area contributed by atoms with Crippen molar-refractivity contribution in [3.05, 3.63) is 58.2 Å². The van der Waals surface area contributed by atoms with Crippen LogP contribution in [0.3, 0.4) is 0 Å². The second kappa shape index (κ2) is 13.2. The first kappa shape index (κ1) is 33.1. The molecule has 1 amide bonds. The third-order valence-electron chi connectivity index (χ3n) is 8.97. The minimum absolute atomic E-state index is 0.0530. The van der Waals surface area contributed by atoms with Crippen molar-refractivity contribution in [2.24, 2.45) is 11.8 Å². The number of carboxylic acid groups (broad SMARTS) is 1. The van der Waals surface area contributed by atoms with Crippen molar-refractivity contribution in [1.82, 2.24) is 20.0 Å². The van der Waals surface area contributed by atoms with Crippen LogP contribution in [0.4, 0.5) is 28.2 Å². The quantitative estimate of drug-likeness (QED) is 0.231. The number of alkyl halides is 4. The van der Waals surface area contributed by atoms with Crippen LogP contribution in [0, 0.1) is 25.7 Å². The summed E-state index contributed by atoms with van der Waals surface area (Å²) in [6, 6.07) is 2.21. The predicted octanol–water partition coefficient (Wildman–Crippen LogP) is 7.04. The van der Waals surface area contributed by atoms with E-state index >= 15 is 0 Å². The lowest BCUT2D eigenvalue weighted by Gasteiger charge is -2.32. The Balaban J connectivity index is 1.43. The molecule has 1 aliphatic heterocycles. The Labute approximate surface area is 263 Å². The molecule has 10 nitrogen and oxygen atoms in total. The molecule has 1 saturated carbocycles. The summed E-state index contributed by atoms with van der Waals surface area (Å²) >= 11 is 0. The average Bonchev–Trinajstić information content (AvgIpc) is 3.49. The van der Waals surface area contributed by atoms with E-state index in [4.69, 9.17) is 24.3 Å². The highest BCUT2D eigenvalue weighted by Crippen LogP contribution is 2.39. The number of rotatable bonds is 10. The number of hydrogen-bond acceptors (Lipinski definition) is 8. The first-order valence-electron chi connectivity index (χ1n) is 15.2. The van der Waals surface area contributed by atoms with E-state index in [0.717, 1.165) is 37.8 Å². The van der Waals surface area contributed by atoms with Gasteiger partial charge in [0.15, 0.2) is 5.82 Å². The van der Waals surface area contributed by atoms with Crippen molar-refractivity contribution in [2.75, 3.05) is 18.5 Å². The van der Waals surface area contributed by atoms with Crippen LogP contribution in [-0.4, -0.2) is 56.8 Å². The van der Waals surface area contributed by atoms with Crippen LogP contribution in [0.25, 0.3) is 11.3 Å². The maximum atomic E-state index is 13.6. The van der Waals surface area contributed by atoms with Gasteiger partial charge in [-0.05, 0) is 87.6 Å². The normalized spacial score (nSPS) is 21.8. The van der Waals surface area contributed by atoms with E-state index in [1.54, 1.807) is 27.0 Å². The molecule has 1 N–H and O–H groups in total. The highest BCUT2D eigenvalue weighted by atomic mass is 19.4. The lowest BCUT2D eigenvalue weighted by atomic mass is 9.80. The van der Waals surface area contributed by atoms with E-state index in [2.05, 4.69) is 5.16 Å². The number of benzene rings is 1. The van der Waals surface area contributed by atoms with Gasteiger partial charge in [-0.1, -0.05) is 5.16 Å². The number of amides is 1. The minimum atomic E-state index is -4.70. The number of cyclic esters (lactones) is 1. The number of ether oxygens (including phenoxy) is 1. The van der Waals surface area contributed by atoms with Gasteiger partial charge in [0.25, 0.3) is 0 Å². The molecule has 2 aliphatic rings. The van der Waals surface area contributed by atoms with Crippen LogP contribution < -0.4 is 4.90 Å². The van der Waals surface area contributed by atoms with Gasteiger partial charge in [0.05, 0.1) is 41.3 Å². The standard InChI is InChI=1S/C32H37F4N5O5/c1-17-28(19(3)46-39-17)25-14-37-30(40(4)15-21-7-5-20(6-8-21)11-27(42)43)26(38-25)16-41-18(2)29(45-31(41)44)23-9-22(13-33)10-24(12-23)32(34,35)36/h9-10,12,14,18,20-21,29H,5-8,11,13,15-16H2,1-4H3,(H,42,43)/t18-,20?,21?,29?/m0/s1. The Morgan fingerprint density at radius 3 is 2.43 bits per heavy atom. The van der Waals surface area contributed by atoms with Crippen LogP contribution >= 0.6 is 0 Å². The van der Waals surface area contributed by atoms with Crippen LogP contribution in [0.5, 0.6) is 0 Å². The zero-order valence-corrected chi connectivity index (χ0v) is 26.1. The number of aromatic nitrogens is 3. The number of aliphatic carboxylic acids is 1. The SMILES string of the molecule is Cc1noc(C)c1-c1cnc(N(C)CC2CCC(CC(=O)O)CC2)c(CN2C(=O)OC(c3cc(CF)cc(C(F)(F)F)c3)[C@@H]2C)n1.